The van der Waals surface area contributed by atoms with Crippen molar-refractivity contribution in [3.8, 4) is 11.5 Å². The molecule has 1 atom stereocenters. The van der Waals surface area contributed by atoms with Crippen molar-refractivity contribution in [3.05, 3.63) is 81.3 Å². The second-order valence-electron chi connectivity index (χ2n) is 9.51. The molecule has 2 aliphatic heterocycles. The zero-order valence-electron chi connectivity index (χ0n) is 21.8. The number of ether oxygens (including phenoxy) is 2. The van der Waals surface area contributed by atoms with Gasteiger partial charge in [-0.05, 0) is 55.7 Å². The number of fused-ring (bicyclic) bond motifs is 2. The Kier molecular flexibility index (Phi) is 8.38. The number of methoxy groups -OCH3 is 1. The standard InChI is InChI=1S/C30H27Cl2N3O5/c1-39-26-15-22-25(33-17-19-6-4-12-35(19)30(22)38)16-27(26)40-13-5-9-28(36)34-24-11-10-18(31)14-21(24)29(37)20-7-2-3-8-23(20)32/h2-3,7-8,10-11,14-17,19H,4-6,9,12-13H2,1H3,(H,34,36). The summed E-state index contributed by atoms with van der Waals surface area (Å²) < 4.78 is 11.4. The van der Waals surface area contributed by atoms with Crippen LogP contribution in [0.25, 0.3) is 0 Å². The number of carbonyl (C=O) groups is 3. The van der Waals surface area contributed by atoms with Crippen molar-refractivity contribution in [2.24, 2.45) is 4.99 Å². The van der Waals surface area contributed by atoms with E-state index in [4.69, 9.17) is 32.7 Å². The van der Waals surface area contributed by atoms with E-state index in [9.17, 15) is 14.4 Å². The van der Waals surface area contributed by atoms with Gasteiger partial charge in [-0.15, -0.1) is 0 Å². The number of benzene rings is 3. The van der Waals surface area contributed by atoms with E-state index in [1.807, 2.05) is 11.1 Å². The smallest absolute Gasteiger partial charge is 0.256 e. The van der Waals surface area contributed by atoms with Gasteiger partial charge in [0.15, 0.2) is 17.3 Å². The number of ketones is 1. The molecule has 5 rings (SSSR count). The maximum absolute atomic E-state index is 13.1. The number of rotatable bonds is 9. The van der Waals surface area contributed by atoms with Crippen LogP contribution in [0.15, 0.2) is 59.6 Å². The number of nitrogens with zero attached hydrogens (tertiary/aromatic N) is 2. The zero-order chi connectivity index (χ0) is 28.2. The molecule has 2 amide bonds. The van der Waals surface area contributed by atoms with Crippen molar-refractivity contribution in [1.82, 2.24) is 4.90 Å². The Labute approximate surface area is 241 Å². The highest BCUT2D eigenvalue weighted by Gasteiger charge is 2.32. The highest BCUT2D eigenvalue weighted by atomic mass is 35.5. The van der Waals surface area contributed by atoms with Gasteiger partial charge in [0.05, 0.1) is 41.7 Å². The Balaban J connectivity index is 1.22. The topological polar surface area (TPSA) is 97.3 Å². The van der Waals surface area contributed by atoms with Gasteiger partial charge in [-0.2, -0.15) is 0 Å². The number of anilines is 1. The molecule has 0 spiro atoms. The largest absolute Gasteiger partial charge is 0.493 e. The quantitative estimate of drug-likeness (QED) is 0.235. The number of aliphatic imine (C=N–C) groups is 1. The zero-order valence-corrected chi connectivity index (χ0v) is 23.3. The molecule has 10 heteroatoms. The van der Waals surface area contributed by atoms with Gasteiger partial charge in [-0.25, -0.2) is 0 Å². The number of nitrogens with one attached hydrogen (secondary N) is 1. The molecule has 8 nitrogen and oxygen atoms in total. The van der Waals surface area contributed by atoms with Crippen LogP contribution in [0.5, 0.6) is 11.5 Å². The van der Waals surface area contributed by atoms with Crippen LogP contribution >= 0.6 is 23.2 Å². The van der Waals surface area contributed by atoms with Crippen LogP contribution in [0.3, 0.4) is 0 Å². The highest BCUT2D eigenvalue weighted by Crippen LogP contribution is 2.38. The molecular formula is C30H27Cl2N3O5. The van der Waals surface area contributed by atoms with E-state index >= 15 is 0 Å². The molecule has 0 radical (unpaired) electrons. The Bertz CT molecular complexity index is 1510. The van der Waals surface area contributed by atoms with Crippen molar-refractivity contribution in [1.29, 1.82) is 0 Å². The molecule has 206 valence electrons. The van der Waals surface area contributed by atoms with Crippen LogP contribution in [0.4, 0.5) is 11.4 Å². The summed E-state index contributed by atoms with van der Waals surface area (Å²) >= 11 is 12.4. The Morgan fingerprint density at radius 1 is 1.07 bits per heavy atom. The van der Waals surface area contributed by atoms with E-state index in [0.717, 1.165) is 12.8 Å². The fraction of sp³-hybridized carbons (Fsp3) is 0.267. The van der Waals surface area contributed by atoms with Crippen LogP contribution in [0, 0.1) is 0 Å². The summed E-state index contributed by atoms with van der Waals surface area (Å²) in [6, 6.07) is 14.8. The molecule has 0 bridgehead atoms. The molecule has 1 unspecified atom stereocenters. The first-order chi connectivity index (χ1) is 19.4. The predicted molar refractivity (Wildman–Crippen MR) is 155 cm³/mol. The third-order valence-electron chi connectivity index (χ3n) is 6.88. The van der Waals surface area contributed by atoms with E-state index in [1.165, 1.54) is 13.2 Å². The summed E-state index contributed by atoms with van der Waals surface area (Å²) in [5.41, 5.74) is 1.92. The minimum Gasteiger partial charge on any atom is -0.493 e. The van der Waals surface area contributed by atoms with Crippen LogP contribution in [0.2, 0.25) is 10.0 Å². The predicted octanol–water partition coefficient (Wildman–Crippen LogP) is 6.35. The number of amides is 2. The minimum absolute atomic E-state index is 0.00917. The lowest BCUT2D eigenvalue weighted by molar-refractivity contribution is -0.116. The van der Waals surface area contributed by atoms with Gasteiger partial charge in [-0.1, -0.05) is 35.3 Å². The third kappa shape index (κ3) is 5.83. The van der Waals surface area contributed by atoms with E-state index in [2.05, 4.69) is 10.3 Å². The first-order valence-corrected chi connectivity index (χ1v) is 13.7. The number of carbonyl (C=O) groups excluding carboxylic acids is 3. The fourth-order valence-corrected chi connectivity index (χ4v) is 5.25. The van der Waals surface area contributed by atoms with E-state index in [1.54, 1.807) is 48.5 Å². The lowest BCUT2D eigenvalue weighted by Gasteiger charge is -2.20. The average molecular weight is 580 g/mol. The van der Waals surface area contributed by atoms with Gasteiger partial charge >= 0.3 is 0 Å². The molecule has 0 saturated carbocycles. The summed E-state index contributed by atoms with van der Waals surface area (Å²) in [6.07, 6.45) is 4.21. The summed E-state index contributed by atoms with van der Waals surface area (Å²) in [5.74, 6) is 0.172. The fourth-order valence-electron chi connectivity index (χ4n) is 4.85. The summed E-state index contributed by atoms with van der Waals surface area (Å²) in [7, 11) is 1.51. The molecule has 2 heterocycles. The van der Waals surface area contributed by atoms with Crippen LogP contribution < -0.4 is 14.8 Å². The van der Waals surface area contributed by atoms with Crippen molar-refractivity contribution in [3.63, 3.8) is 0 Å². The molecule has 40 heavy (non-hydrogen) atoms. The monoisotopic (exact) mass is 579 g/mol. The highest BCUT2D eigenvalue weighted by molar-refractivity contribution is 6.36. The first-order valence-electron chi connectivity index (χ1n) is 12.9. The molecule has 1 saturated heterocycles. The number of halogens is 2. The second kappa shape index (κ2) is 12.1. The Hall–Kier alpha value is -3.88. The maximum atomic E-state index is 13.1. The van der Waals surface area contributed by atoms with Gasteiger partial charge < -0.3 is 19.7 Å². The lowest BCUT2D eigenvalue weighted by atomic mass is 10.0. The van der Waals surface area contributed by atoms with Gasteiger partial charge in [0.2, 0.25) is 5.91 Å². The Morgan fingerprint density at radius 2 is 1.90 bits per heavy atom. The molecule has 3 aromatic rings. The lowest BCUT2D eigenvalue weighted by Crippen LogP contribution is -2.35. The van der Waals surface area contributed by atoms with E-state index in [-0.39, 0.29) is 42.2 Å². The van der Waals surface area contributed by atoms with Crippen LogP contribution in [0.1, 0.15) is 52.0 Å². The maximum Gasteiger partial charge on any atom is 0.256 e. The van der Waals surface area contributed by atoms with Gasteiger partial charge in [-0.3, -0.25) is 19.4 Å². The van der Waals surface area contributed by atoms with Crippen LogP contribution in [-0.4, -0.2) is 55.0 Å². The molecule has 1 fully saturated rings. The number of hydrogen-bond donors (Lipinski definition) is 1. The first kappa shape index (κ1) is 27.7. The van der Waals surface area contributed by atoms with Gasteiger partial charge in [0, 0.05) is 41.4 Å². The summed E-state index contributed by atoms with van der Waals surface area (Å²) in [6.45, 7) is 0.935. The molecule has 0 aliphatic carbocycles. The van der Waals surface area contributed by atoms with Crippen molar-refractivity contribution < 1.29 is 23.9 Å². The molecule has 0 aromatic heterocycles. The van der Waals surface area contributed by atoms with Gasteiger partial charge in [0.25, 0.3) is 5.91 Å². The normalized spacial score (nSPS) is 15.7. The number of hydrogen-bond acceptors (Lipinski definition) is 6. The molecule has 3 aromatic carbocycles. The van der Waals surface area contributed by atoms with E-state index < -0.39 is 0 Å². The second-order valence-corrected chi connectivity index (χ2v) is 10.3. The van der Waals surface area contributed by atoms with Crippen molar-refractivity contribution in [2.45, 2.75) is 31.7 Å². The van der Waals surface area contributed by atoms with Gasteiger partial charge in [0.1, 0.15) is 0 Å². The van der Waals surface area contributed by atoms with Crippen LogP contribution in [-0.2, 0) is 4.79 Å². The molecule has 1 N–H and O–H groups in total. The van der Waals surface area contributed by atoms with Crippen molar-refractivity contribution >= 4 is 58.4 Å². The third-order valence-corrected chi connectivity index (χ3v) is 7.45. The van der Waals surface area contributed by atoms with E-state index in [0.29, 0.717) is 57.0 Å². The summed E-state index contributed by atoms with van der Waals surface area (Å²) in [4.78, 5) is 45.3. The average Bonchev–Trinajstić information content (AvgIpc) is 3.38. The summed E-state index contributed by atoms with van der Waals surface area (Å²) in [5, 5.41) is 3.47. The Morgan fingerprint density at radius 3 is 2.70 bits per heavy atom. The molecular weight excluding hydrogens is 553 g/mol. The molecule has 2 aliphatic rings. The SMILES string of the molecule is COc1cc2c(cc1OCCCC(=O)Nc1ccc(Cl)cc1C(=O)c1ccccc1Cl)N=CC1CCCN1C2=O. The van der Waals surface area contributed by atoms with Crippen molar-refractivity contribution in [2.75, 3.05) is 25.6 Å². The minimum atomic E-state index is -0.344.